The Morgan fingerprint density at radius 1 is 1.05 bits per heavy atom. The third-order valence-corrected chi connectivity index (χ3v) is 4.36. The van der Waals surface area contributed by atoms with Gasteiger partial charge in [-0.2, -0.15) is 0 Å². The highest BCUT2D eigenvalue weighted by Gasteiger charge is 2.15. The van der Waals surface area contributed by atoms with E-state index < -0.39 is 0 Å². The molecule has 0 spiro atoms. The molecule has 0 bridgehead atoms. The molecule has 3 atom stereocenters. The molecule has 1 rings (SSSR count). The molecule has 1 saturated heterocycles. The standard InChI is InChI=1S/C17H36N2/c1-4-5-6-8-11-15(2)19-16(3)14-17-12-9-7-10-13-18-17/h15-19H,4-14H2,1-3H3. The van der Waals surface area contributed by atoms with Crippen molar-refractivity contribution >= 4 is 0 Å². The monoisotopic (exact) mass is 268 g/mol. The van der Waals surface area contributed by atoms with Crippen molar-refractivity contribution in [2.45, 2.75) is 103 Å². The minimum absolute atomic E-state index is 0.650. The highest BCUT2D eigenvalue weighted by molar-refractivity contribution is 4.77. The van der Waals surface area contributed by atoms with E-state index in [1.807, 2.05) is 0 Å². The summed E-state index contributed by atoms with van der Waals surface area (Å²) in [4.78, 5) is 0. The van der Waals surface area contributed by atoms with E-state index in [4.69, 9.17) is 0 Å². The maximum atomic E-state index is 3.78. The lowest BCUT2D eigenvalue weighted by molar-refractivity contribution is 0.364. The van der Waals surface area contributed by atoms with Gasteiger partial charge in [-0.3, -0.25) is 0 Å². The molecule has 1 aliphatic rings. The van der Waals surface area contributed by atoms with Crippen molar-refractivity contribution < 1.29 is 0 Å². The lowest BCUT2D eigenvalue weighted by Gasteiger charge is -2.24. The minimum atomic E-state index is 0.650. The average molecular weight is 268 g/mol. The van der Waals surface area contributed by atoms with Crippen LogP contribution in [0, 0.1) is 0 Å². The maximum absolute atomic E-state index is 3.78. The molecule has 0 aromatic rings. The van der Waals surface area contributed by atoms with E-state index in [9.17, 15) is 0 Å². The van der Waals surface area contributed by atoms with Crippen LogP contribution in [0.15, 0.2) is 0 Å². The zero-order valence-electron chi connectivity index (χ0n) is 13.5. The molecular formula is C17H36N2. The molecule has 2 nitrogen and oxygen atoms in total. The molecule has 3 unspecified atom stereocenters. The third kappa shape index (κ3) is 8.65. The van der Waals surface area contributed by atoms with Crippen LogP contribution in [0.4, 0.5) is 0 Å². The normalized spacial score (nSPS) is 23.8. The van der Waals surface area contributed by atoms with E-state index in [1.165, 1.54) is 70.8 Å². The van der Waals surface area contributed by atoms with Gasteiger partial charge in [0.25, 0.3) is 0 Å². The van der Waals surface area contributed by atoms with Crippen molar-refractivity contribution in [1.29, 1.82) is 0 Å². The predicted molar refractivity (Wildman–Crippen MR) is 85.7 cm³/mol. The van der Waals surface area contributed by atoms with Gasteiger partial charge in [-0.1, -0.05) is 45.4 Å². The van der Waals surface area contributed by atoms with Crippen LogP contribution in [0.5, 0.6) is 0 Å². The molecule has 0 aliphatic carbocycles. The Labute approximate surface area is 121 Å². The second kappa shape index (κ2) is 10.7. The summed E-state index contributed by atoms with van der Waals surface area (Å²) in [5.74, 6) is 0. The summed E-state index contributed by atoms with van der Waals surface area (Å²) in [5.41, 5.74) is 0. The summed E-state index contributed by atoms with van der Waals surface area (Å²) in [6.45, 7) is 8.21. The van der Waals surface area contributed by atoms with E-state index in [0.717, 1.165) is 6.04 Å². The highest BCUT2D eigenvalue weighted by Crippen LogP contribution is 2.13. The quantitative estimate of drug-likeness (QED) is 0.611. The van der Waals surface area contributed by atoms with E-state index >= 15 is 0 Å². The van der Waals surface area contributed by atoms with Crippen molar-refractivity contribution in [1.82, 2.24) is 10.6 Å². The topological polar surface area (TPSA) is 24.1 Å². The summed E-state index contributed by atoms with van der Waals surface area (Å²) in [6, 6.07) is 2.08. The van der Waals surface area contributed by atoms with Crippen molar-refractivity contribution in [3.63, 3.8) is 0 Å². The maximum Gasteiger partial charge on any atom is 0.00817 e. The molecule has 1 fully saturated rings. The van der Waals surface area contributed by atoms with Crippen molar-refractivity contribution in [2.24, 2.45) is 0 Å². The Balaban J connectivity index is 2.09. The molecule has 1 heterocycles. The van der Waals surface area contributed by atoms with Crippen LogP contribution in [0.3, 0.4) is 0 Å². The Morgan fingerprint density at radius 2 is 1.89 bits per heavy atom. The van der Waals surface area contributed by atoms with Crippen molar-refractivity contribution in [2.75, 3.05) is 6.54 Å². The Kier molecular flexibility index (Phi) is 9.54. The smallest absolute Gasteiger partial charge is 0.00817 e. The summed E-state index contributed by atoms with van der Waals surface area (Å²) >= 11 is 0. The molecule has 0 aromatic heterocycles. The zero-order valence-corrected chi connectivity index (χ0v) is 13.5. The minimum Gasteiger partial charge on any atom is -0.314 e. The summed E-state index contributed by atoms with van der Waals surface area (Å²) < 4.78 is 0. The molecule has 0 saturated carbocycles. The molecule has 2 heteroatoms. The lowest BCUT2D eigenvalue weighted by atomic mass is 10.0. The Hall–Kier alpha value is -0.0800. The van der Waals surface area contributed by atoms with Crippen LogP contribution < -0.4 is 10.6 Å². The highest BCUT2D eigenvalue weighted by atomic mass is 15.0. The van der Waals surface area contributed by atoms with E-state index in [-0.39, 0.29) is 0 Å². The summed E-state index contributed by atoms with van der Waals surface area (Å²) in [6.07, 6.45) is 13.7. The second-order valence-electron chi connectivity index (χ2n) is 6.55. The van der Waals surface area contributed by atoms with Gasteiger partial charge >= 0.3 is 0 Å². The number of hydrogen-bond acceptors (Lipinski definition) is 2. The number of unbranched alkanes of at least 4 members (excludes halogenated alkanes) is 3. The average Bonchev–Trinajstić information content (AvgIpc) is 2.63. The third-order valence-electron chi connectivity index (χ3n) is 4.36. The summed E-state index contributed by atoms with van der Waals surface area (Å²) in [5, 5.41) is 7.49. The van der Waals surface area contributed by atoms with Crippen LogP contribution in [0.2, 0.25) is 0 Å². The van der Waals surface area contributed by atoms with Crippen LogP contribution in [0.1, 0.15) is 85.0 Å². The molecule has 0 aromatic carbocycles. The Bertz CT molecular complexity index is 197. The second-order valence-corrected chi connectivity index (χ2v) is 6.55. The first kappa shape index (κ1) is 17.0. The number of nitrogens with one attached hydrogen (secondary N) is 2. The van der Waals surface area contributed by atoms with Gasteiger partial charge in [-0.05, 0) is 46.1 Å². The number of rotatable bonds is 9. The fraction of sp³-hybridized carbons (Fsp3) is 1.00. The van der Waals surface area contributed by atoms with E-state index in [0.29, 0.717) is 12.1 Å². The fourth-order valence-corrected chi connectivity index (χ4v) is 3.24. The molecular weight excluding hydrogens is 232 g/mol. The number of hydrogen-bond donors (Lipinski definition) is 2. The molecule has 2 N–H and O–H groups in total. The van der Waals surface area contributed by atoms with Crippen molar-refractivity contribution in [3.8, 4) is 0 Å². The van der Waals surface area contributed by atoms with Gasteiger partial charge in [0.05, 0.1) is 0 Å². The fourth-order valence-electron chi connectivity index (χ4n) is 3.24. The first-order valence-electron chi connectivity index (χ1n) is 8.71. The van der Waals surface area contributed by atoms with Crippen LogP contribution >= 0.6 is 0 Å². The zero-order chi connectivity index (χ0) is 13.9. The van der Waals surface area contributed by atoms with Gasteiger partial charge in [-0.25, -0.2) is 0 Å². The first-order chi connectivity index (χ1) is 9.22. The van der Waals surface area contributed by atoms with Gasteiger partial charge in [0.1, 0.15) is 0 Å². The van der Waals surface area contributed by atoms with Crippen LogP contribution in [-0.4, -0.2) is 24.7 Å². The molecule has 114 valence electrons. The largest absolute Gasteiger partial charge is 0.314 e. The SMILES string of the molecule is CCCCCCC(C)NC(C)CC1CCCCCN1. The van der Waals surface area contributed by atoms with Gasteiger partial charge in [0, 0.05) is 18.1 Å². The van der Waals surface area contributed by atoms with Gasteiger partial charge in [0.2, 0.25) is 0 Å². The van der Waals surface area contributed by atoms with Crippen molar-refractivity contribution in [3.05, 3.63) is 0 Å². The first-order valence-corrected chi connectivity index (χ1v) is 8.71. The predicted octanol–water partition coefficient (Wildman–Crippen LogP) is 4.25. The van der Waals surface area contributed by atoms with Gasteiger partial charge in [-0.15, -0.1) is 0 Å². The van der Waals surface area contributed by atoms with Crippen LogP contribution in [0.25, 0.3) is 0 Å². The lowest BCUT2D eigenvalue weighted by Crippen LogP contribution is -2.40. The Morgan fingerprint density at radius 3 is 2.68 bits per heavy atom. The molecule has 1 aliphatic heterocycles. The summed E-state index contributed by atoms with van der Waals surface area (Å²) in [7, 11) is 0. The molecule has 19 heavy (non-hydrogen) atoms. The van der Waals surface area contributed by atoms with E-state index in [1.54, 1.807) is 0 Å². The van der Waals surface area contributed by atoms with E-state index in [2.05, 4.69) is 31.4 Å². The van der Waals surface area contributed by atoms with Crippen LogP contribution in [-0.2, 0) is 0 Å². The molecule has 0 amide bonds. The van der Waals surface area contributed by atoms with Gasteiger partial charge < -0.3 is 10.6 Å². The van der Waals surface area contributed by atoms with Gasteiger partial charge in [0.15, 0.2) is 0 Å². The molecule has 0 radical (unpaired) electrons.